The summed E-state index contributed by atoms with van der Waals surface area (Å²) in [7, 11) is 3.56. The Morgan fingerprint density at radius 1 is 1.43 bits per heavy atom. The van der Waals surface area contributed by atoms with Crippen molar-refractivity contribution in [2.24, 2.45) is 5.73 Å². The predicted octanol–water partition coefficient (Wildman–Crippen LogP) is 1.40. The SMILES string of the molecule is CNC1CCN(Cc2cc(Cl)c(OCC(N)=O)c(OC)c2)CC1. The van der Waals surface area contributed by atoms with Gasteiger partial charge in [0.25, 0.3) is 5.91 Å². The zero-order valence-electron chi connectivity index (χ0n) is 13.6. The maximum atomic E-state index is 10.9. The highest BCUT2D eigenvalue weighted by molar-refractivity contribution is 6.32. The van der Waals surface area contributed by atoms with Crippen molar-refractivity contribution in [3.05, 3.63) is 22.7 Å². The maximum absolute atomic E-state index is 10.9. The average molecular weight is 342 g/mol. The van der Waals surface area contributed by atoms with E-state index in [4.69, 9.17) is 26.8 Å². The fraction of sp³-hybridized carbons (Fsp3) is 0.562. The summed E-state index contributed by atoms with van der Waals surface area (Å²) in [5.74, 6) is 0.309. The number of piperidine rings is 1. The minimum absolute atomic E-state index is 0.229. The van der Waals surface area contributed by atoms with Crippen LogP contribution in [0.5, 0.6) is 11.5 Å². The number of nitrogens with one attached hydrogen (secondary N) is 1. The molecule has 0 bridgehead atoms. The van der Waals surface area contributed by atoms with Gasteiger partial charge in [0, 0.05) is 12.6 Å². The van der Waals surface area contributed by atoms with Crippen LogP contribution in [0, 0.1) is 0 Å². The molecule has 1 aliphatic rings. The molecule has 6 nitrogen and oxygen atoms in total. The maximum Gasteiger partial charge on any atom is 0.255 e. The molecule has 7 heteroatoms. The van der Waals surface area contributed by atoms with Crippen LogP contribution in [0.3, 0.4) is 0 Å². The molecule has 0 radical (unpaired) electrons. The van der Waals surface area contributed by atoms with E-state index in [2.05, 4.69) is 10.2 Å². The Balaban J connectivity index is 2.05. The van der Waals surface area contributed by atoms with E-state index in [1.165, 1.54) is 0 Å². The number of carbonyl (C=O) groups is 1. The van der Waals surface area contributed by atoms with Crippen LogP contribution in [0.1, 0.15) is 18.4 Å². The van der Waals surface area contributed by atoms with Crippen molar-refractivity contribution < 1.29 is 14.3 Å². The van der Waals surface area contributed by atoms with E-state index in [-0.39, 0.29) is 6.61 Å². The van der Waals surface area contributed by atoms with E-state index in [1.54, 1.807) is 7.11 Å². The molecule has 1 aromatic rings. The lowest BCUT2D eigenvalue weighted by molar-refractivity contribution is -0.119. The molecule has 128 valence electrons. The second-order valence-corrected chi connectivity index (χ2v) is 6.11. The van der Waals surface area contributed by atoms with Crippen LogP contribution in [0.2, 0.25) is 5.02 Å². The van der Waals surface area contributed by atoms with Gasteiger partial charge in [-0.15, -0.1) is 0 Å². The van der Waals surface area contributed by atoms with Gasteiger partial charge in [-0.3, -0.25) is 9.69 Å². The molecular formula is C16H24ClN3O3. The molecule has 0 aromatic heterocycles. The molecular weight excluding hydrogens is 318 g/mol. The highest BCUT2D eigenvalue weighted by Crippen LogP contribution is 2.36. The van der Waals surface area contributed by atoms with Crippen LogP contribution in [-0.2, 0) is 11.3 Å². The summed E-state index contributed by atoms with van der Waals surface area (Å²) >= 11 is 6.27. The van der Waals surface area contributed by atoms with Gasteiger partial charge in [-0.1, -0.05) is 11.6 Å². The Labute approximate surface area is 141 Å². The van der Waals surface area contributed by atoms with Gasteiger partial charge in [0.05, 0.1) is 12.1 Å². The van der Waals surface area contributed by atoms with Crippen molar-refractivity contribution in [3.63, 3.8) is 0 Å². The van der Waals surface area contributed by atoms with Gasteiger partial charge in [-0.2, -0.15) is 0 Å². The molecule has 23 heavy (non-hydrogen) atoms. The van der Waals surface area contributed by atoms with Crippen molar-refractivity contribution in [1.29, 1.82) is 0 Å². The first-order valence-electron chi connectivity index (χ1n) is 7.70. The first-order chi connectivity index (χ1) is 11.0. The second kappa shape index (κ2) is 8.38. The smallest absolute Gasteiger partial charge is 0.255 e. The number of halogens is 1. The van der Waals surface area contributed by atoms with Gasteiger partial charge < -0.3 is 20.5 Å². The molecule has 1 fully saturated rings. The number of ether oxygens (including phenoxy) is 2. The molecule has 0 aliphatic carbocycles. The molecule has 0 unspecified atom stereocenters. The molecule has 1 amide bonds. The van der Waals surface area contributed by atoms with Crippen LogP contribution in [0.25, 0.3) is 0 Å². The van der Waals surface area contributed by atoms with Crippen molar-refractivity contribution in [1.82, 2.24) is 10.2 Å². The highest BCUT2D eigenvalue weighted by Gasteiger charge is 2.19. The van der Waals surface area contributed by atoms with Gasteiger partial charge in [-0.25, -0.2) is 0 Å². The molecule has 1 aromatic carbocycles. The molecule has 0 spiro atoms. The Morgan fingerprint density at radius 3 is 2.70 bits per heavy atom. The number of rotatable bonds is 7. The van der Waals surface area contributed by atoms with Crippen molar-refractivity contribution in [2.45, 2.75) is 25.4 Å². The number of hydrogen-bond donors (Lipinski definition) is 2. The van der Waals surface area contributed by atoms with Crippen LogP contribution in [0.4, 0.5) is 0 Å². The van der Waals surface area contributed by atoms with Crippen molar-refractivity contribution in [2.75, 3.05) is 33.9 Å². The fourth-order valence-electron chi connectivity index (χ4n) is 2.79. The Morgan fingerprint density at radius 2 is 2.13 bits per heavy atom. The number of likely N-dealkylation sites (tertiary alicyclic amines) is 1. The van der Waals surface area contributed by atoms with E-state index in [0.717, 1.165) is 38.0 Å². The zero-order valence-corrected chi connectivity index (χ0v) is 14.4. The molecule has 1 saturated heterocycles. The third-order valence-corrected chi connectivity index (χ3v) is 4.33. The number of hydrogen-bond acceptors (Lipinski definition) is 5. The number of methoxy groups -OCH3 is 1. The van der Waals surface area contributed by atoms with Crippen molar-refractivity contribution in [3.8, 4) is 11.5 Å². The summed E-state index contributed by atoms with van der Waals surface area (Å²) in [5, 5.41) is 3.75. The van der Waals surface area contributed by atoms with Crippen LogP contribution < -0.4 is 20.5 Å². The third-order valence-electron chi connectivity index (χ3n) is 4.05. The number of nitrogens with zero attached hydrogens (tertiary/aromatic N) is 1. The number of carbonyl (C=O) groups excluding carboxylic acids is 1. The zero-order chi connectivity index (χ0) is 16.8. The Bertz CT molecular complexity index is 546. The van der Waals surface area contributed by atoms with E-state index >= 15 is 0 Å². The number of benzene rings is 1. The third kappa shape index (κ3) is 4.99. The average Bonchev–Trinajstić information content (AvgIpc) is 2.54. The molecule has 0 saturated carbocycles. The molecule has 1 heterocycles. The number of primary amides is 1. The normalized spacial score (nSPS) is 16.3. The fourth-order valence-corrected chi connectivity index (χ4v) is 3.07. The predicted molar refractivity (Wildman–Crippen MR) is 90.1 cm³/mol. The first-order valence-corrected chi connectivity index (χ1v) is 8.08. The van der Waals surface area contributed by atoms with E-state index in [9.17, 15) is 4.79 Å². The lowest BCUT2D eigenvalue weighted by Gasteiger charge is -2.31. The molecule has 1 aliphatic heterocycles. The summed E-state index contributed by atoms with van der Waals surface area (Å²) in [6.45, 7) is 2.67. The molecule has 0 atom stereocenters. The summed E-state index contributed by atoms with van der Waals surface area (Å²) < 4.78 is 10.7. The quantitative estimate of drug-likeness (QED) is 0.784. The minimum Gasteiger partial charge on any atom is -0.493 e. The number of amides is 1. The summed E-state index contributed by atoms with van der Waals surface area (Å²) in [5.41, 5.74) is 6.16. The lowest BCUT2D eigenvalue weighted by atomic mass is 10.0. The van der Waals surface area contributed by atoms with Gasteiger partial charge in [-0.05, 0) is 50.7 Å². The topological polar surface area (TPSA) is 76.8 Å². The van der Waals surface area contributed by atoms with Crippen LogP contribution >= 0.6 is 11.6 Å². The summed E-state index contributed by atoms with van der Waals surface area (Å²) in [6, 6.07) is 4.35. The second-order valence-electron chi connectivity index (χ2n) is 5.70. The standard InChI is InChI=1S/C16H24ClN3O3/c1-19-12-3-5-20(6-4-12)9-11-7-13(17)16(14(8-11)22-2)23-10-15(18)21/h7-8,12,19H,3-6,9-10H2,1-2H3,(H2,18,21). The van der Waals surface area contributed by atoms with Crippen LogP contribution in [0.15, 0.2) is 12.1 Å². The van der Waals surface area contributed by atoms with Gasteiger partial charge in [0.15, 0.2) is 18.1 Å². The van der Waals surface area contributed by atoms with E-state index in [1.807, 2.05) is 19.2 Å². The largest absolute Gasteiger partial charge is 0.493 e. The van der Waals surface area contributed by atoms with E-state index in [0.29, 0.717) is 22.6 Å². The molecule has 2 rings (SSSR count). The monoisotopic (exact) mass is 341 g/mol. The van der Waals surface area contributed by atoms with E-state index < -0.39 is 5.91 Å². The lowest BCUT2D eigenvalue weighted by Crippen LogP contribution is -2.40. The Kier molecular flexibility index (Phi) is 6.50. The first kappa shape index (κ1) is 17.8. The summed E-state index contributed by atoms with van der Waals surface area (Å²) in [4.78, 5) is 13.3. The van der Waals surface area contributed by atoms with Gasteiger partial charge in [0.2, 0.25) is 0 Å². The van der Waals surface area contributed by atoms with Crippen LogP contribution in [-0.4, -0.2) is 50.7 Å². The Hall–Kier alpha value is -1.50. The minimum atomic E-state index is -0.556. The highest BCUT2D eigenvalue weighted by atomic mass is 35.5. The van der Waals surface area contributed by atoms with Gasteiger partial charge >= 0.3 is 0 Å². The van der Waals surface area contributed by atoms with Gasteiger partial charge in [0.1, 0.15) is 0 Å². The summed E-state index contributed by atoms with van der Waals surface area (Å²) in [6.07, 6.45) is 2.28. The molecule has 3 N–H and O–H groups in total. The van der Waals surface area contributed by atoms with Crippen molar-refractivity contribution >= 4 is 17.5 Å². The number of nitrogens with two attached hydrogens (primary N) is 1.